The second-order valence-corrected chi connectivity index (χ2v) is 9.54. The lowest BCUT2D eigenvalue weighted by Crippen LogP contribution is -2.36. The van der Waals surface area contributed by atoms with Gasteiger partial charge >= 0.3 is 12.1 Å². The summed E-state index contributed by atoms with van der Waals surface area (Å²) in [5, 5.41) is 21.1. The summed E-state index contributed by atoms with van der Waals surface area (Å²) in [5.41, 5.74) is -0.572. The molecular formula is C19H26N2O5S2. The lowest BCUT2D eigenvalue weighted by molar-refractivity contribution is 0.00680. The van der Waals surface area contributed by atoms with Gasteiger partial charge in [-0.25, -0.2) is 14.6 Å². The summed E-state index contributed by atoms with van der Waals surface area (Å²) in [6.07, 6.45) is 8.95. The van der Waals surface area contributed by atoms with Crippen molar-refractivity contribution in [2.75, 3.05) is 12.3 Å². The first-order valence-electron chi connectivity index (χ1n) is 9.56. The predicted molar refractivity (Wildman–Crippen MR) is 108 cm³/mol. The van der Waals surface area contributed by atoms with E-state index < -0.39 is 11.6 Å². The van der Waals surface area contributed by atoms with Crippen LogP contribution < -0.4 is 0 Å². The maximum absolute atomic E-state index is 12.2. The quantitative estimate of drug-likeness (QED) is 0.482. The number of aliphatic hydroxyl groups is 1. The Balaban J connectivity index is 1.53. The average molecular weight is 427 g/mol. The highest BCUT2D eigenvalue weighted by Crippen LogP contribution is 2.32. The molecule has 2 heterocycles. The molecule has 3 rings (SSSR count). The minimum absolute atomic E-state index is 0.0446. The molecule has 2 fully saturated rings. The van der Waals surface area contributed by atoms with Gasteiger partial charge in [-0.2, -0.15) is 0 Å². The van der Waals surface area contributed by atoms with Gasteiger partial charge in [0.15, 0.2) is 10.0 Å². The minimum atomic E-state index is -1.04. The van der Waals surface area contributed by atoms with Gasteiger partial charge in [-0.05, 0) is 26.2 Å². The van der Waals surface area contributed by atoms with Crippen molar-refractivity contribution in [2.24, 2.45) is 0 Å². The lowest BCUT2D eigenvalue weighted by Gasteiger charge is -2.31. The molecule has 1 amide bonds. The number of amides is 1. The van der Waals surface area contributed by atoms with E-state index in [1.54, 1.807) is 4.90 Å². The van der Waals surface area contributed by atoms with Crippen LogP contribution in [0, 0.1) is 0 Å². The molecule has 1 aliphatic heterocycles. The maximum Gasteiger partial charge on any atom is 0.410 e. The van der Waals surface area contributed by atoms with E-state index in [1.807, 2.05) is 19.1 Å². The van der Waals surface area contributed by atoms with Gasteiger partial charge in [-0.15, -0.1) is 11.3 Å². The Morgan fingerprint density at radius 3 is 2.89 bits per heavy atom. The van der Waals surface area contributed by atoms with Crippen LogP contribution in [-0.2, 0) is 4.74 Å². The number of hydrogen-bond acceptors (Lipinski definition) is 7. The van der Waals surface area contributed by atoms with Gasteiger partial charge in [0.25, 0.3) is 0 Å². The Kier molecular flexibility index (Phi) is 7.00. The minimum Gasteiger partial charge on any atom is -0.476 e. The van der Waals surface area contributed by atoms with Gasteiger partial charge in [0.2, 0.25) is 0 Å². The molecule has 1 saturated heterocycles. The molecule has 1 saturated carbocycles. The molecule has 28 heavy (non-hydrogen) atoms. The first kappa shape index (κ1) is 21.1. The summed E-state index contributed by atoms with van der Waals surface area (Å²) in [7, 11) is 0. The number of carboxylic acid groups (broad SMARTS) is 1. The summed E-state index contributed by atoms with van der Waals surface area (Å²) in [4.78, 5) is 28.8. The number of rotatable bonds is 8. The van der Waals surface area contributed by atoms with Crippen molar-refractivity contribution in [2.45, 2.75) is 67.5 Å². The van der Waals surface area contributed by atoms with Crippen LogP contribution in [-0.4, -0.2) is 62.2 Å². The van der Waals surface area contributed by atoms with Crippen LogP contribution in [0.3, 0.4) is 0 Å². The lowest BCUT2D eigenvalue weighted by atomic mass is 9.82. The number of thiazole rings is 1. The number of carbonyl (C=O) groups is 2. The molecule has 154 valence electrons. The fourth-order valence-electron chi connectivity index (χ4n) is 3.67. The van der Waals surface area contributed by atoms with Gasteiger partial charge in [0.1, 0.15) is 6.10 Å². The van der Waals surface area contributed by atoms with Gasteiger partial charge < -0.3 is 14.9 Å². The monoisotopic (exact) mass is 426 g/mol. The van der Waals surface area contributed by atoms with Gasteiger partial charge in [0.05, 0.1) is 11.6 Å². The summed E-state index contributed by atoms with van der Waals surface area (Å²) in [6, 6.07) is -0.161. The van der Waals surface area contributed by atoms with Crippen molar-refractivity contribution in [3.05, 3.63) is 23.2 Å². The number of nitrogens with zero attached hydrogens (tertiary/aromatic N) is 2. The zero-order chi connectivity index (χ0) is 20.1. The van der Waals surface area contributed by atoms with E-state index in [4.69, 9.17) is 9.84 Å². The number of aromatic carboxylic acids is 1. The number of cyclic esters (lactones) is 1. The third kappa shape index (κ3) is 5.27. The zero-order valence-electron chi connectivity index (χ0n) is 15.9. The molecular weight excluding hydrogens is 400 g/mol. The van der Waals surface area contributed by atoms with E-state index in [2.05, 4.69) is 4.98 Å². The number of hydrogen-bond donors (Lipinski definition) is 2. The number of carboxylic acids is 1. The smallest absolute Gasteiger partial charge is 0.410 e. The first-order valence-corrected chi connectivity index (χ1v) is 11.4. The molecule has 1 aliphatic carbocycles. The van der Waals surface area contributed by atoms with Crippen molar-refractivity contribution in [1.82, 2.24) is 9.88 Å². The van der Waals surface area contributed by atoms with Gasteiger partial charge in [-0.1, -0.05) is 43.2 Å². The molecule has 1 aromatic rings. The Bertz CT molecular complexity index is 730. The Hall–Kier alpha value is -1.58. The maximum atomic E-state index is 12.2. The van der Waals surface area contributed by atoms with Crippen molar-refractivity contribution < 1.29 is 24.5 Å². The second-order valence-electron chi connectivity index (χ2n) is 7.34. The van der Waals surface area contributed by atoms with Crippen LogP contribution in [0.5, 0.6) is 0 Å². The number of aromatic nitrogens is 1. The Labute approximate surface area is 172 Å². The van der Waals surface area contributed by atoms with Gasteiger partial charge in [-0.3, -0.25) is 4.90 Å². The number of carbonyl (C=O) groups excluding carboxylic acids is 1. The summed E-state index contributed by atoms with van der Waals surface area (Å²) < 4.78 is 6.04. The largest absolute Gasteiger partial charge is 0.476 e. The van der Waals surface area contributed by atoms with Crippen LogP contribution in [0.25, 0.3) is 0 Å². The van der Waals surface area contributed by atoms with E-state index in [-0.39, 0.29) is 23.9 Å². The molecule has 0 radical (unpaired) electrons. The number of ether oxygens (including phenoxy) is 1. The molecule has 1 aromatic heterocycles. The Morgan fingerprint density at radius 1 is 1.46 bits per heavy atom. The Morgan fingerprint density at radius 2 is 2.21 bits per heavy atom. The van der Waals surface area contributed by atoms with Crippen molar-refractivity contribution >= 4 is 35.2 Å². The van der Waals surface area contributed by atoms with E-state index in [1.165, 1.54) is 34.9 Å². The highest BCUT2D eigenvalue weighted by Gasteiger charge is 2.37. The fraction of sp³-hybridized carbons (Fsp3) is 0.632. The third-order valence-corrected chi connectivity index (χ3v) is 7.24. The second kappa shape index (κ2) is 9.28. The molecule has 2 atom stereocenters. The van der Waals surface area contributed by atoms with Crippen molar-refractivity contribution in [3.8, 4) is 0 Å². The highest BCUT2D eigenvalue weighted by atomic mass is 32.2. The molecule has 0 spiro atoms. The van der Waals surface area contributed by atoms with Crippen molar-refractivity contribution in [3.63, 3.8) is 0 Å². The average Bonchev–Trinajstić information content (AvgIpc) is 3.22. The van der Waals surface area contributed by atoms with E-state index in [0.717, 1.165) is 25.7 Å². The zero-order valence-corrected chi connectivity index (χ0v) is 17.5. The summed E-state index contributed by atoms with van der Waals surface area (Å²) in [6.45, 7) is 2.35. The molecule has 2 unspecified atom stereocenters. The molecule has 7 nitrogen and oxygen atoms in total. The van der Waals surface area contributed by atoms with E-state index >= 15 is 0 Å². The van der Waals surface area contributed by atoms with E-state index in [9.17, 15) is 14.7 Å². The van der Waals surface area contributed by atoms with E-state index in [0.29, 0.717) is 23.1 Å². The SMILES string of the molecule is CC1OC(=O)N(CCSc2nc(C(=O)O)cs2)C1C=CCC1(O)CCCCC1. The molecule has 2 aliphatic rings. The standard InChI is InChI=1S/C19H26N2O5S2/c1-13-15(6-5-9-19(25)7-3-2-4-8-19)21(18(24)26-13)10-11-27-17-20-14(12-28-17)16(22)23/h5-6,12-13,15,25H,2-4,7-11H2,1H3,(H,22,23). The molecule has 0 aromatic carbocycles. The summed E-state index contributed by atoms with van der Waals surface area (Å²) in [5.74, 6) is -0.437. The third-order valence-electron chi connectivity index (χ3n) is 5.24. The molecule has 2 N–H and O–H groups in total. The van der Waals surface area contributed by atoms with Crippen LogP contribution in [0.2, 0.25) is 0 Å². The summed E-state index contributed by atoms with van der Waals surface area (Å²) >= 11 is 2.71. The van der Waals surface area contributed by atoms with Crippen LogP contribution in [0.4, 0.5) is 4.79 Å². The fourth-order valence-corrected chi connectivity index (χ4v) is 5.48. The molecule has 0 bridgehead atoms. The highest BCUT2D eigenvalue weighted by molar-refractivity contribution is 8.01. The van der Waals surface area contributed by atoms with Gasteiger partial charge in [0, 0.05) is 17.7 Å². The van der Waals surface area contributed by atoms with Crippen molar-refractivity contribution in [1.29, 1.82) is 0 Å². The predicted octanol–water partition coefficient (Wildman–Crippen LogP) is 3.78. The first-order chi connectivity index (χ1) is 13.4. The topological polar surface area (TPSA) is 100.0 Å². The van der Waals surface area contributed by atoms with Crippen LogP contribution >= 0.6 is 23.1 Å². The van der Waals surface area contributed by atoms with Crippen LogP contribution in [0.15, 0.2) is 21.9 Å². The number of thioether (sulfide) groups is 1. The van der Waals surface area contributed by atoms with Crippen LogP contribution in [0.1, 0.15) is 55.9 Å². The molecule has 9 heteroatoms. The normalized spacial score (nSPS) is 24.6.